The number of hydrogen-bond acceptors (Lipinski definition) is 0. The lowest BCUT2D eigenvalue weighted by Gasteiger charge is -1.57. The van der Waals surface area contributed by atoms with Crippen molar-refractivity contribution in [1.29, 1.82) is 0 Å². The molecule has 0 saturated carbocycles. The predicted molar refractivity (Wildman–Crippen MR) is 18.4 cm³/mol. The first-order chi connectivity index (χ1) is 3.27. The highest BCUT2D eigenvalue weighted by Gasteiger charge is 1.74. The van der Waals surface area contributed by atoms with E-state index in [-0.39, 0.29) is 6.33 Å². The molecule has 0 nitrogen and oxygen atoms in total. The SMILES string of the molecule is FC=C=C=C(F)F. The Morgan fingerprint density at radius 3 is 2.14 bits per heavy atom. The molecule has 0 fully saturated rings. The zero-order valence-corrected chi connectivity index (χ0v) is 3.21. The largest absolute Gasteiger partial charge is 0.321 e. The molecule has 0 aromatic rings. The van der Waals surface area contributed by atoms with Gasteiger partial charge in [-0.3, -0.25) is 0 Å². The minimum Gasteiger partial charge on any atom is -0.206 e. The van der Waals surface area contributed by atoms with Gasteiger partial charge in [-0.1, -0.05) is 0 Å². The molecule has 7 heavy (non-hydrogen) atoms. The molecule has 0 saturated heterocycles. The molecule has 0 rings (SSSR count). The van der Waals surface area contributed by atoms with Crippen LogP contribution in [0.4, 0.5) is 13.2 Å². The Morgan fingerprint density at radius 2 is 2.00 bits per heavy atom. The van der Waals surface area contributed by atoms with Gasteiger partial charge in [0.25, 0.3) is 0 Å². The minimum atomic E-state index is -2.08. The van der Waals surface area contributed by atoms with Gasteiger partial charge in [-0.2, -0.15) is 8.78 Å². The molecule has 0 radical (unpaired) electrons. The van der Waals surface area contributed by atoms with Crippen molar-refractivity contribution in [2.75, 3.05) is 0 Å². The molecule has 0 aromatic carbocycles. The van der Waals surface area contributed by atoms with Crippen molar-refractivity contribution < 1.29 is 13.2 Å². The maximum Gasteiger partial charge on any atom is 0.321 e. The molecule has 0 bridgehead atoms. The Labute approximate surface area is 38.3 Å². The lowest BCUT2D eigenvalue weighted by molar-refractivity contribution is 0.424. The van der Waals surface area contributed by atoms with Crippen LogP contribution < -0.4 is 0 Å². The highest BCUT2D eigenvalue weighted by molar-refractivity contribution is 4.81. The highest BCUT2D eigenvalue weighted by Crippen LogP contribution is 1.89. The molecular formula is C4HF3. The van der Waals surface area contributed by atoms with Gasteiger partial charge in [0.1, 0.15) is 6.33 Å². The average Bonchev–Trinajstić information content (AvgIpc) is 1.61. The van der Waals surface area contributed by atoms with E-state index in [9.17, 15) is 13.2 Å². The van der Waals surface area contributed by atoms with Crippen LogP contribution in [-0.4, -0.2) is 0 Å². The Balaban J connectivity index is 4.16. The van der Waals surface area contributed by atoms with E-state index in [2.05, 4.69) is 0 Å². The van der Waals surface area contributed by atoms with Gasteiger partial charge in [0.2, 0.25) is 0 Å². The Morgan fingerprint density at radius 1 is 1.43 bits per heavy atom. The molecule has 0 spiro atoms. The van der Waals surface area contributed by atoms with E-state index in [4.69, 9.17) is 0 Å². The first-order valence-electron chi connectivity index (χ1n) is 1.38. The monoisotopic (exact) mass is 106 g/mol. The van der Waals surface area contributed by atoms with Gasteiger partial charge in [-0.25, -0.2) is 4.39 Å². The molecule has 0 aliphatic heterocycles. The van der Waals surface area contributed by atoms with Crippen LogP contribution in [0.5, 0.6) is 0 Å². The second-order valence-corrected chi connectivity index (χ2v) is 0.639. The molecule has 0 aromatic heterocycles. The lowest BCUT2D eigenvalue weighted by atomic mass is 10.8. The summed E-state index contributed by atoms with van der Waals surface area (Å²) in [5.41, 5.74) is 2.62. The standard InChI is InChI=1S/C4HF3/c5-3-1-2-4(6)7/h3H. The molecule has 0 atom stereocenters. The fourth-order valence-electron chi connectivity index (χ4n) is 0.0818. The van der Waals surface area contributed by atoms with Gasteiger partial charge in [0.15, 0.2) is 0 Å². The number of rotatable bonds is 0. The van der Waals surface area contributed by atoms with E-state index in [1.54, 1.807) is 0 Å². The van der Waals surface area contributed by atoms with Crippen LogP contribution >= 0.6 is 0 Å². The van der Waals surface area contributed by atoms with Crippen molar-refractivity contribution in [3.8, 4) is 0 Å². The van der Waals surface area contributed by atoms with E-state index in [1.165, 1.54) is 11.5 Å². The third kappa shape index (κ3) is 5.09. The zero-order chi connectivity index (χ0) is 5.70. The third-order valence-corrected chi connectivity index (χ3v) is 0.221. The van der Waals surface area contributed by atoms with Crippen LogP contribution in [-0.2, 0) is 0 Å². The third-order valence-electron chi connectivity index (χ3n) is 0.221. The maximum absolute atomic E-state index is 10.8. The first kappa shape index (κ1) is 6.09. The van der Waals surface area contributed by atoms with Crippen LogP contribution in [0.3, 0.4) is 0 Å². The first-order valence-corrected chi connectivity index (χ1v) is 1.38. The molecule has 0 aliphatic rings. The maximum atomic E-state index is 10.8. The van der Waals surface area contributed by atoms with Gasteiger partial charge in [0.05, 0.1) is 0 Å². The second kappa shape index (κ2) is 3.29. The Kier molecular flexibility index (Phi) is 2.86. The summed E-state index contributed by atoms with van der Waals surface area (Å²) in [6.07, 6.45) is -2.21. The highest BCUT2D eigenvalue weighted by atomic mass is 19.3. The molecular weight excluding hydrogens is 105 g/mol. The second-order valence-electron chi connectivity index (χ2n) is 0.639. The molecule has 3 heteroatoms. The molecule has 0 unspecified atom stereocenters. The van der Waals surface area contributed by atoms with E-state index in [1.807, 2.05) is 0 Å². The molecule has 38 valence electrons. The normalized spacial score (nSPS) is 6.14. The van der Waals surface area contributed by atoms with Crippen LogP contribution in [0.1, 0.15) is 0 Å². The zero-order valence-electron chi connectivity index (χ0n) is 3.21. The summed E-state index contributed by atoms with van der Waals surface area (Å²) in [5.74, 6) is 0. The summed E-state index contributed by atoms with van der Waals surface area (Å²) in [7, 11) is 0. The molecule has 0 amide bonds. The van der Waals surface area contributed by atoms with Crippen molar-refractivity contribution in [2.24, 2.45) is 0 Å². The van der Waals surface area contributed by atoms with Crippen molar-refractivity contribution in [3.05, 3.63) is 23.9 Å². The van der Waals surface area contributed by atoms with E-state index < -0.39 is 6.08 Å². The summed E-state index contributed by atoms with van der Waals surface area (Å²) in [4.78, 5) is 0. The Hall–Kier alpha value is -0.910. The Bertz CT molecular complexity index is 131. The predicted octanol–water partition coefficient (Wildman–Crippen LogP) is 2.00. The summed E-state index contributed by atoms with van der Waals surface area (Å²) in [6, 6.07) is 0. The summed E-state index contributed by atoms with van der Waals surface area (Å²) in [5, 5.41) is 0. The summed E-state index contributed by atoms with van der Waals surface area (Å²) < 4.78 is 32.3. The summed E-state index contributed by atoms with van der Waals surface area (Å²) >= 11 is 0. The van der Waals surface area contributed by atoms with Gasteiger partial charge in [-0.15, -0.1) is 0 Å². The molecule has 0 aliphatic carbocycles. The molecule has 0 heterocycles. The van der Waals surface area contributed by atoms with Crippen molar-refractivity contribution in [3.63, 3.8) is 0 Å². The van der Waals surface area contributed by atoms with E-state index in [0.29, 0.717) is 0 Å². The number of halogens is 3. The molecule has 0 N–H and O–H groups in total. The quantitative estimate of drug-likeness (QED) is 0.414. The van der Waals surface area contributed by atoms with Crippen LogP contribution in [0.25, 0.3) is 0 Å². The minimum absolute atomic E-state index is 0.140. The lowest BCUT2D eigenvalue weighted by Crippen LogP contribution is -1.40. The van der Waals surface area contributed by atoms with Crippen LogP contribution in [0.2, 0.25) is 0 Å². The average molecular weight is 106 g/mol. The summed E-state index contributed by atoms with van der Waals surface area (Å²) in [6.45, 7) is 0. The van der Waals surface area contributed by atoms with Crippen LogP contribution in [0, 0.1) is 0 Å². The van der Waals surface area contributed by atoms with Gasteiger partial charge in [-0.05, 0) is 5.73 Å². The van der Waals surface area contributed by atoms with Gasteiger partial charge < -0.3 is 0 Å². The van der Waals surface area contributed by atoms with E-state index >= 15 is 0 Å². The van der Waals surface area contributed by atoms with Gasteiger partial charge >= 0.3 is 6.08 Å². The fourth-order valence-corrected chi connectivity index (χ4v) is 0.0818. The van der Waals surface area contributed by atoms with Crippen molar-refractivity contribution in [1.82, 2.24) is 0 Å². The van der Waals surface area contributed by atoms with E-state index in [0.717, 1.165) is 0 Å². The van der Waals surface area contributed by atoms with Crippen molar-refractivity contribution >= 4 is 0 Å². The smallest absolute Gasteiger partial charge is 0.206 e. The number of hydrogen-bond donors (Lipinski definition) is 0. The van der Waals surface area contributed by atoms with Crippen LogP contribution in [0.15, 0.2) is 23.9 Å². The van der Waals surface area contributed by atoms with Crippen molar-refractivity contribution in [2.45, 2.75) is 0 Å². The topological polar surface area (TPSA) is 0 Å². The fraction of sp³-hybridized carbons (Fsp3) is 0. The van der Waals surface area contributed by atoms with Gasteiger partial charge in [0, 0.05) is 5.73 Å².